The predicted octanol–water partition coefficient (Wildman–Crippen LogP) is 2.01. The Labute approximate surface area is 114 Å². The first-order valence-corrected chi connectivity index (χ1v) is 6.76. The van der Waals surface area contributed by atoms with Crippen LogP contribution in [0.25, 0.3) is 0 Å². The van der Waals surface area contributed by atoms with Crippen LogP contribution >= 0.6 is 0 Å². The summed E-state index contributed by atoms with van der Waals surface area (Å²) in [7, 11) is 1.60. The highest BCUT2D eigenvalue weighted by molar-refractivity contribution is 5.22. The van der Waals surface area contributed by atoms with E-state index in [1.165, 1.54) is 17.7 Å². The van der Waals surface area contributed by atoms with Gasteiger partial charge in [-0.15, -0.1) is 0 Å². The van der Waals surface area contributed by atoms with E-state index >= 15 is 0 Å². The van der Waals surface area contributed by atoms with Crippen LogP contribution in [0.3, 0.4) is 0 Å². The summed E-state index contributed by atoms with van der Waals surface area (Å²) in [4.78, 5) is 2.28. The minimum Gasteiger partial charge on any atom is -0.389 e. The van der Waals surface area contributed by atoms with Crippen molar-refractivity contribution in [3.05, 3.63) is 35.6 Å². The first-order chi connectivity index (χ1) is 9.10. The summed E-state index contributed by atoms with van der Waals surface area (Å²) in [5, 5.41) is 9.80. The Kier molecular flexibility index (Phi) is 4.91. The number of methoxy groups -OCH3 is 1. The van der Waals surface area contributed by atoms with Crippen LogP contribution in [0.5, 0.6) is 0 Å². The number of aliphatic hydroxyl groups is 1. The van der Waals surface area contributed by atoms with Gasteiger partial charge in [0.05, 0.1) is 12.7 Å². The van der Waals surface area contributed by atoms with Crippen molar-refractivity contribution in [1.82, 2.24) is 4.90 Å². The monoisotopic (exact) mass is 267 g/mol. The van der Waals surface area contributed by atoms with Gasteiger partial charge >= 0.3 is 0 Å². The van der Waals surface area contributed by atoms with Gasteiger partial charge in [-0.2, -0.15) is 0 Å². The molecule has 0 bridgehead atoms. The molecule has 2 rings (SSSR count). The van der Waals surface area contributed by atoms with Gasteiger partial charge in [0.2, 0.25) is 0 Å². The summed E-state index contributed by atoms with van der Waals surface area (Å²) in [5.41, 5.74) is 1.18. The normalized spacial score (nSPS) is 25.7. The fourth-order valence-electron chi connectivity index (χ4n) is 2.85. The molecular formula is C15H22FNO2. The molecule has 3 atom stereocenters. The quantitative estimate of drug-likeness (QED) is 0.886. The van der Waals surface area contributed by atoms with Crippen LogP contribution in [-0.2, 0) is 4.74 Å². The molecule has 3 nitrogen and oxygen atoms in total. The summed E-state index contributed by atoms with van der Waals surface area (Å²) in [6.07, 6.45) is 0.602. The largest absolute Gasteiger partial charge is 0.389 e. The first-order valence-electron chi connectivity index (χ1n) is 6.76. The van der Waals surface area contributed by atoms with E-state index in [-0.39, 0.29) is 5.82 Å². The molecule has 1 heterocycles. The van der Waals surface area contributed by atoms with E-state index in [0.29, 0.717) is 25.1 Å². The number of ether oxygens (including phenoxy) is 1. The number of nitrogens with zero attached hydrogens (tertiary/aromatic N) is 1. The van der Waals surface area contributed by atoms with Gasteiger partial charge < -0.3 is 9.84 Å². The fourth-order valence-corrected chi connectivity index (χ4v) is 2.85. The zero-order chi connectivity index (χ0) is 13.8. The molecule has 19 heavy (non-hydrogen) atoms. The number of hydrogen-bond donors (Lipinski definition) is 1. The second kappa shape index (κ2) is 6.46. The van der Waals surface area contributed by atoms with Crippen molar-refractivity contribution in [2.75, 3.05) is 26.8 Å². The van der Waals surface area contributed by atoms with E-state index in [0.717, 1.165) is 13.0 Å². The van der Waals surface area contributed by atoms with E-state index in [2.05, 4.69) is 11.8 Å². The van der Waals surface area contributed by atoms with Gasteiger partial charge in [0.1, 0.15) is 5.82 Å². The minimum atomic E-state index is -0.445. The van der Waals surface area contributed by atoms with Crippen molar-refractivity contribution in [2.24, 2.45) is 0 Å². The number of aliphatic hydroxyl groups excluding tert-OH is 1. The highest BCUT2D eigenvalue weighted by atomic mass is 19.1. The third-order valence-electron chi connectivity index (χ3n) is 3.85. The van der Waals surface area contributed by atoms with E-state index in [1.54, 1.807) is 7.11 Å². The van der Waals surface area contributed by atoms with E-state index < -0.39 is 6.10 Å². The van der Waals surface area contributed by atoms with Crippen LogP contribution in [0.4, 0.5) is 4.39 Å². The Morgan fingerprint density at radius 1 is 1.42 bits per heavy atom. The SMILES string of the molecule is COC[C@@H](O)CN1C[C@H](c2ccc(F)cc2)C[C@@H]1C. The second-order valence-corrected chi connectivity index (χ2v) is 5.40. The zero-order valence-electron chi connectivity index (χ0n) is 11.6. The lowest BCUT2D eigenvalue weighted by Crippen LogP contribution is -2.36. The smallest absolute Gasteiger partial charge is 0.123 e. The van der Waals surface area contributed by atoms with Crippen molar-refractivity contribution < 1.29 is 14.2 Å². The number of halogens is 1. The molecule has 1 aliphatic rings. The summed E-state index contributed by atoms with van der Waals surface area (Å²) in [6, 6.07) is 7.19. The Morgan fingerprint density at radius 2 is 2.11 bits per heavy atom. The van der Waals surface area contributed by atoms with Crippen LogP contribution in [-0.4, -0.2) is 49.0 Å². The standard InChI is InChI=1S/C15H22FNO2/c1-11-7-13(12-3-5-14(16)6-4-12)8-17(11)9-15(18)10-19-2/h3-6,11,13,15,18H,7-10H2,1-2H3/t11-,13+,15-/m0/s1. The fraction of sp³-hybridized carbons (Fsp3) is 0.600. The molecule has 0 aliphatic carbocycles. The maximum absolute atomic E-state index is 12.9. The van der Waals surface area contributed by atoms with E-state index in [4.69, 9.17) is 4.74 Å². The first kappa shape index (κ1) is 14.4. The number of likely N-dealkylation sites (tertiary alicyclic amines) is 1. The molecule has 0 amide bonds. The molecule has 1 fully saturated rings. The highest BCUT2D eigenvalue weighted by Gasteiger charge is 2.30. The molecular weight excluding hydrogens is 245 g/mol. The number of benzene rings is 1. The molecule has 0 saturated carbocycles. The molecule has 0 spiro atoms. The lowest BCUT2D eigenvalue weighted by Gasteiger charge is -2.23. The van der Waals surface area contributed by atoms with Crippen molar-refractivity contribution in [3.8, 4) is 0 Å². The number of hydrogen-bond acceptors (Lipinski definition) is 3. The van der Waals surface area contributed by atoms with Crippen LogP contribution in [0.15, 0.2) is 24.3 Å². The molecule has 4 heteroatoms. The molecule has 1 N–H and O–H groups in total. The molecule has 1 saturated heterocycles. The van der Waals surface area contributed by atoms with Crippen molar-refractivity contribution >= 4 is 0 Å². The Morgan fingerprint density at radius 3 is 2.74 bits per heavy atom. The van der Waals surface area contributed by atoms with Gasteiger partial charge in [0, 0.05) is 26.2 Å². The predicted molar refractivity (Wildman–Crippen MR) is 72.7 cm³/mol. The molecule has 1 aromatic rings. The summed E-state index contributed by atoms with van der Waals surface area (Å²) in [6.45, 7) is 4.08. The molecule has 0 aromatic heterocycles. The number of rotatable bonds is 5. The topological polar surface area (TPSA) is 32.7 Å². The highest BCUT2D eigenvalue weighted by Crippen LogP contribution is 2.31. The maximum atomic E-state index is 12.9. The average molecular weight is 267 g/mol. The minimum absolute atomic E-state index is 0.192. The van der Waals surface area contributed by atoms with Gasteiger partial charge in [0.15, 0.2) is 0 Å². The van der Waals surface area contributed by atoms with Gasteiger partial charge in [-0.3, -0.25) is 4.90 Å². The van der Waals surface area contributed by atoms with Gasteiger partial charge in [-0.25, -0.2) is 4.39 Å². The van der Waals surface area contributed by atoms with E-state index in [9.17, 15) is 9.50 Å². The molecule has 1 aromatic carbocycles. The van der Waals surface area contributed by atoms with Crippen molar-refractivity contribution in [3.63, 3.8) is 0 Å². The van der Waals surface area contributed by atoms with Gasteiger partial charge in [0.25, 0.3) is 0 Å². The molecule has 1 aliphatic heterocycles. The van der Waals surface area contributed by atoms with Gasteiger partial charge in [-0.05, 0) is 37.0 Å². The van der Waals surface area contributed by atoms with Gasteiger partial charge in [-0.1, -0.05) is 12.1 Å². The lowest BCUT2D eigenvalue weighted by atomic mass is 9.97. The van der Waals surface area contributed by atoms with Crippen LogP contribution in [0, 0.1) is 5.82 Å². The summed E-state index contributed by atoms with van der Waals surface area (Å²) >= 11 is 0. The molecule has 106 valence electrons. The Bertz CT molecular complexity index is 396. The summed E-state index contributed by atoms with van der Waals surface area (Å²) in [5.74, 6) is 0.229. The Hall–Kier alpha value is -0.970. The van der Waals surface area contributed by atoms with Crippen LogP contribution < -0.4 is 0 Å². The lowest BCUT2D eigenvalue weighted by molar-refractivity contribution is 0.0360. The zero-order valence-corrected chi connectivity index (χ0v) is 11.6. The van der Waals surface area contributed by atoms with E-state index in [1.807, 2.05) is 12.1 Å². The third-order valence-corrected chi connectivity index (χ3v) is 3.85. The third kappa shape index (κ3) is 3.75. The molecule has 0 unspecified atom stereocenters. The van der Waals surface area contributed by atoms with Crippen molar-refractivity contribution in [2.45, 2.75) is 31.4 Å². The maximum Gasteiger partial charge on any atom is 0.123 e. The van der Waals surface area contributed by atoms with Crippen molar-refractivity contribution in [1.29, 1.82) is 0 Å². The Balaban J connectivity index is 1.95. The van der Waals surface area contributed by atoms with Crippen LogP contribution in [0.1, 0.15) is 24.8 Å². The molecule has 0 radical (unpaired) electrons. The van der Waals surface area contributed by atoms with Crippen LogP contribution in [0.2, 0.25) is 0 Å². The number of β-amino-alcohol motifs (C(OH)–C–C–N with tert-alkyl or cyclic N) is 1. The summed E-state index contributed by atoms with van der Waals surface area (Å²) < 4.78 is 17.9. The average Bonchev–Trinajstić information content (AvgIpc) is 2.72. The second-order valence-electron chi connectivity index (χ2n) is 5.40.